The SMILES string of the molecule is CCCCCCCCCCCCCCOc1ccccc1NC(=O)c1ccc2ccccc2c1O. The molecule has 3 rings (SSSR count). The Bertz CT molecular complexity index is 1050. The number of aromatic hydroxyl groups is 1. The molecule has 0 aliphatic heterocycles. The van der Waals surface area contributed by atoms with Crippen LogP contribution < -0.4 is 10.1 Å². The van der Waals surface area contributed by atoms with Gasteiger partial charge in [-0.05, 0) is 30.0 Å². The first-order chi connectivity index (χ1) is 17.2. The van der Waals surface area contributed by atoms with Crippen LogP contribution in [0.15, 0.2) is 60.7 Å². The van der Waals surface area contributed by atoms with E-state index in [0.717, 1.165) is 18.2 Å². The average molecular weight is 476 g/mol. The summed E-state index contributed by atoms with van der Waals surface area (Å²) in [5.41, 5.74) is 0.864. The molecule has 3 aromatic rings. The van der Waals surface area contributed by atoms with Crippen LogP contribution >= 0.6 is 0 Å². The number of hydrogen-bond donors (Lipinski definition) is 2. The van der Waals surface area contributed by atoms with Crippen LogP contribution in [0, 0.1) is 0 Å². The van der Waals surface area contributed by atoms with Crippen LogP contribution in [0.5, 0.6) is 11.5 Å². The van der Waals surface area contributed by atoms with Gasteiger partial charge in [-0.2, -0.15) is 0 Å². The van der Waals surface area contributed by atoms with Gasteiger partial charge in [0, 0.05) is 5.39 Å². The van der Waals surface area contributed by atoms with Crippen LogP contribution in [-0.2, 0) is 0 Å². The van der Waals surface area contributed by atoms with E-state index >= 15 is 0 Å². The maximum atomic E-state index is 12.9. The maximum absolute atomic E-state index is 12.9. The Balaban J connectivity index is 1.38. The van der Waals surface area contributed by atoms with Gasteiger partial charge in [0.2, 0.25) is 0 Å². The zero-order chi connectivity index (χ0) is 24.7. The van der Waals surface area contributed by atoms with Crippen molar-refractivity contribution in [3.05, 3.63) is 66.2 Å². The fourth-order valence-electron chi connectivity index (χ4n) is 4.45. The first-order valence-corrected chi connectivity index (χ1v) is 13.4. The zero-order valence-corrected chi connectivity index (χ0v) is 21.2. The number of amides is 1. The molecule has 188 valence electrons. The van der Waals surface area contributed by atoms with Crippen molar-refractivity contribution >= 4 is 22.4 Å². The molecule has 4 nitrogen and oxygen atoms in total. The van der Waals surface area contributed by atoms with Crippen molar-refractivity contribution in [2.75, 3.05) is 11.9 Å². The third-order valence-corrected chi connectivity index (χ3v) is 6.54. The Morgan fingerprint density at radius 3 is 2.06 bits per heavy atom. The standard InChI is InChI=1S/C31H41NO3/c1-2-3-4-5-6-7-8-9-10-11-12-17-24-35-29-21-16-15-20-28(29)32-31(34)27-23-22-25-18-13-14-19-26(25)30(27)33/h13-16,18-23,33H,2-12,17,24H2,1H3,(H,32,34). The molecule has 35 heavy (non-hydrogen) atoms. The highest BCUT2D eigenvalue weighted by Crippen LogP contribution is 2.30. The third-order valence-electron chi connectivity index (χ3n) is 6.54. The van der Waals surface area contributed by atoms with Gasteiger partial charge in [-0.15, -0.1) is 0 Å². The summed E-state index contributed by atoms with van der Waals surface area (Å²) in [5, 5.41) is 15.1. The van der Waals surface area contributed by atoms with E-state index in [0.29, 0.717) is 23.4 Å². The topological polar surface area (TPSA) is 58.6 Å². The fraction of sp³-hybridized carbons (Fsp3) is 0.452. The molecule has 0 bridgehead atoms. The predicted molar refractivity (Wildman–Crippen MR) is 147 cm³/mol. The summed E-state index contributed by atoms with van der Waals surface area (Å²) in [6.07, 6.45) is 15.7. The van der Waals surface area contributed by atoms with Crippen molar-refractivity contribution in [3.8, 4) is 11.5 Å². The maximum Gasteiger partial charge on any atom is 0.259 e. The molecule has 0 saturated carbocycles. The van der Waals surface area contributed by atoms with Crippen LogP contribution in [-0.4, -0.2) is 17.6 Å². The largest absolute Gasteiger partial charge is 0.506 e. The van der Waals surface area contributed by atoms with E-state index in [4.69, 9.17) is 4.74 Å². The minimum absolute atomic E-state index is 0.00417. The highest BCUT2D eigenvalue weighted by molar-refractivity contribution is 6.10. The summed E-state index contributed by atoms with van der Waals surface area (Å²) < 4.78 is 5.99. The minimum Gasteiger partial charge on any atom is -0.506 e. The molecule has 0 saturated heterocycles. The molecule has 0 unspecified atom stereocenters. The summed E-state index contributed by atoms with van der Waals surface area (Å²) in [5.74, 6) is 0.300. The highest BCUT2D eigenvalue weighted by atomic mass is 16.5. The van der Waals surface area contributed by atoms with Gasteiger partial charge < -0.3 is 15.2 Å². The van der Waals surface area contributed by atoms with Gasteiger partial charge in [0.15, 0.2) is 0 Å². The third kappa shape index (κ3) is 8.61. The van der Waals surface area contributed by atoms with Gasteiger partial charge in [-0.25, -0.2) is 0 Å². The van der Waals surface area contributed by atoms with Crippen LogP contribution in [0.1, 0.15) is 94.3 Å². The number of benzene rings is 3. The van der Waals surface area contributed by atoms with Crippen molar-refractivity contribution < 1.29 is 14.6 Å². The minimum atomic E-state index is -0.352. The van der Waals surface area contributed by atoms with Crippen molar-refractivity contribution in [3.63, 3.8) is 0 Å². The summed E-state index contributed by atoms with van der Waals surface area (Å²) >= 11 is 0. The lowest BCUT2D eigenvalue weighted by molar-refractivity contribution is 0.102. The van der Waals surface area contributed by atoms with E-state index < -0.39 is 0 Å². The number of para-hydroxylation sites is 2. The Morgan fingerprint density at radius 1 is 0.743 bits per heavy atom. The molecule has 0 spiro atoms. The van der Waals surface area contributed by atoms with Crippen molar-refractivity contribution in [1.29, 1.82) is 0 Å². The molecular formula is C31H41NO3. The van der Waals surface area contributed by atoms with Crippen LogP contribution in [0.3, 0.4) is 0 Å². The normalized spacial score (nSPS) is 11.0. The first-order valence-electron chi connectivity index (χ1n) is 13.4. The van der Waals surface area contributed by atoms with Crippen molar-refractivity contribution in [1.82, 2.24) is 0 Å². The smallest absolute Gasteiger partial charge is 0.259 e. The van der Waals surface area contributed by atoms with E-state index in [-0.39, 0.29) is 17.2 Å². The number of nitrogens with one attached hydrogen (secondary N) is 1. The summed E-state index contributed by atoms with van der Waals surface area (Å²) in [6.45, 7) is 2.90. The number of carbonyl (C=O) groups is 1. The molecule has 4 heteroatoms. The Morgan fingerprint density at radius 2 is 1.34 bits per heavy atom. The number of ether oxygens (including phenoxy) is 1. The molecule has 2 N–H and O–H groups in total. The molecule has 0 aliphatic rings. The quantitative estimate of drug-likeness (QED) is 0.203. The summed E-state index contributed by atoms with van der Waals surface area (Å²) in [7, 11) is 0. The molecule has 0 heterocycles. The molecule has 3 aromatic carbocycles. The number of phenolic OH excluding ortho intramolecular Hbond substituents is 1. The highest BCUT2D eigenvalue weighted by Gasteiger charge is 2.15. The molecule has 0 radical (unpaired) electrons. The van der Waals surface area contributed by atoms with Crippen LogP contribution in [0.4, 0.5) is 5.69 Å². The first kappa shape index (κ1) is 26.6. The van der Waals surface area contributed by atoms with Gasteiger partial charge in [-0.3, -0.25) is 4.79 Å². The van der Waals surface area contributed by atoms with Gasteiger partial charge in [0.05, 0.1) is 17.9 Å². The van der Waals surface area contributed by atoms with E-state index in [9.17, 15) is 9.90 Å². The van der Waals surface area contributed by atoms with Crippen molar-refractivity contribution in [2.24, 2.45) is 0 Å². The molecule has 0 fully saturated rings. The Kier molecular flexibility index (Phi) is 11.5. The number of fused-ring (bicyclic) bond motifs is 1. The van der Waals surface area contributed by atoms with Gasteiger partial charge >= 0.3 is 0 Å². The van der Waals surface area contributed by atoms with Crippen LogP contribution in [0.25, 0.3) is 10.8 Å². The zero-order valence-electron chi connectivity index (χ0n) is 21.2. The lowest BCUT2D eigenvalue weighted by atomic mass is 10.0. The van der Waals surface area contributed by atoms with Gasteiger partial charge in [0.1, 0.15) is 11.5 Å². The number of anilines is 1. The summed E-state index contributed by atoms with van der Waals surface area (Å²) in [6, 6.07) is 18.5. The molecule has 0 atom stereocenters. The second-order valence-corrected chi connectivity index (χ2v) is 9.37. The van der Waals surface area contributed by atoms with Gasteiger partial charge in [-0.1, -0.05) is 120 Å². The van der Waals surface area contributed by atoms with E-state index in [1.807, 2.05) is 54.6 Å². The van der Waals surface area contributed by atoms with Crippen molar-refractivity contribution in [2.45, 2.75) is 84.0 Å². The molecule has 0 aromatic heterocycles. The number of hydrogen-bond acceptors (Lipinski definition) is 3. The predicted octanol–water partition coefficient (Wildman–Crippen LogP) is 8.88. The Labute approximate surface area is 210 Å². The molecule has 1 amide bonds. The van der Waals surface area contributed by atoms with Gasteiger partial charge in [0.25, 0.3) is 5.91 Å². The average Bonchev–Trinajstić information content (AvgIpc) is 2.88. The fourth-order valence-corrected chi connectivity index (χ4v) is 4.45. The number of unbranched alkanes of at least 4 members (excludes halogenated alkanes) is 11. The second kappa shape index (κ2) is 15.1. The lowest BCUT2D eigenvalue weighted by Crippen LogP contribution is -2.13. The van der Waals surface area contributed by atoms with Crippen LogP contribution in [0.2, 0.25) is 0 Å². The number of rotatable bonds is 16. The van der Waals surface area contributed by atoms with E-state index in [1.165, 1.54) is 64.2 Å². The number of phenols is 1. The monoisotopic (exact) mass is 475 g/mol. The molecular weight excluding hydrogens is 434 g/mol. The Hall–Kier alpha value is -3.01. The second-order valence-electron chi connectivity index (χ2n) is 9.37. The van der Waals surface area contributed by atoms with E-state index in [1.54, 1.807) is 6.07 Å². The van der Waals surface area contributed by atoms with E-state index in [2.05, 4.69) is 12.2 Å². The lowest BCUT2D eigenvalue weighted by Gasteiger charge is -2.13. The molecule has 0 aliphatic carbocycles. The number of carbonyl (C=O) groups excluding carboxylic acids is 1. The summed E-state index contributed by atoms with van der Waals surface area (Å²) in [4.78, 5) is 12.9.